The highest BCUT2D eigenvalue weighted by Crippen LogP contribution is 2.27. The summed E-state index contributed by atoms with van der Waals surface area (Å²) in [4.78, 5) is 14.9. The molecule has 2 aromatic carbocycles. The quantitative estimate of drug-likeness (QED) is 0.521. The summed E-state index contributed by atoms with van der Waals surface area (Å²) in [5.41, 5.74) is 2.51. The topological polar surface area (TPSA) is 59.2 Å². The van der Waals surface area contributed by atoms with Gasteiger partial charge in [0.05, 0.1) is 11.7 Å². The highest BCUT2D eigenvalue weighted by molar-refractivity contribution is 8.00. The second-order valence-corrected chi connectivity index (χ2v) is 9.13. The Morgan fingerprint density at radius 2 is 1.67 bits per heavy atom. The van der Waals surface area contributed by atoms with Gasteiger partial charge in [-0.25, -0.2) is 0 Å². The summed E-state index contributed by atoms with van der Waals surface area (Å²) in [7, 11) is 0. The second-order valence-electron chi connectivity index (χ2n) is 7.84. The van der Waals surface area contributed by atoms with Gasteiger partial charge in [-0.3, -0.25) is 4.79 Å². The number of benzene rings is 2. The van der Waals surface area contributed by atoms with E-state index in [2.05, 4.69) is 40.5 Å². The smallest absolute Gasteiger partial charge is 0.277 e. The lowest BCUT2D eigenvalue weighted by molar-refractivity contribution is -0.131. The standard InChI is InChI=1S/C24H27N3O2S/c1-18(30-24-26-25-22(29-24)17-20-10-6-3-7-11-20)23(28)27-14-12-21(13-15-27)16-19-8-4-2-5-9-19/h2-11,18,21H,12-17H2,1H3/t18-/m0/s1. The molecule has 1 fully saturated rings. The van der Waals surface area contributed by atoms with Crippen LogP contribution in [0.2, 0.25) is 0 Å². The minimum absolute atomic E-state index is 0.154. The van der Waals surface area contributed by atoms with Gasteiger partial charge in [-0.1, -0.05) is 72.4 Å². The zero-order chi connectivity index (χ0) is 20.8. The largest absolute Gasteiger partial charge is 0.416 e. The van der Waals surface area contributed by atoms with Gasteiger partial charge in [-0.15, -0.1) is 10.2 Å². The number of amides is 1. The maximum atomic E-state index is 12.9. The number of carbonyl (C=O) groups excluding carboxylic acids is 1. The minimum atomic E-state index is -0.235. The van der Waals surface area contributed by atoms with Crippen molar-refractivity contribution in [2.24, 2.45) is 5.92 Å². The normalized spacial score (nSPS) is 15.8. The zero-order valence-corrected chi connectivity index (χ0v) is 18.1. The predicted molar refractivity (Wildman–Crippen MR) is 118 cm³/mol. The van der Waals surface area contributed by atoms with Gasteiger partial charge in [-0.05, 0) is 43.2 Å². The van der Waals surface area contributed by atoms with Gasteiger partial charge in [0, 0.05) is 13.1 Å². The number of thioether (sulfide) groups is 1. The summed E-state index contributed by atoms with van der Waals surface area (Å²) >= 11 is 1.35. The van der Waals surface area contributed by atoms with E-state index in [4.69, 9.17) is 4.42 Å². The summed E-state index contributed by atoms with van der Waals surface area (Å²) in [5, 5.41) is 8.46. The van der Waals surface area contributed by atoms with E-state index in [1.807, 2.05) is 42.2 Å². The molecule has 6 heteroatoms. The third-order valence-corrected chi connectivity index (χ3v) is 6.49. The molecular weight excluding hydrogens is 394 g/mol. The second kappa shape index (κ2) is 9.94. The van der Waals surface area contributed by atoms with Crippen LogP contribution in [-0.4, -0.2) is 39.3 Å². The molecule has 30 heavy (non-hydrogen) atoms. The van der Waals surface area contributed by atoms with Crippen LogP contribution in [0.3, 0.4) is 0 Å². The van der Waals surface area contributed by atoms with Crippen molar-refractivity contribution < 1.29 is 9.21 Å². The molecule has 1 saturated heterocycles. The minimum Gasteiger partial charge on any atom is -0.416 e. The fraction of sp³-hybridized carbons (Fsp3) is 0.375. The molecule has 3 aromatic rings. The molecule has 0 bridgehead atoms. The first-order valence-electron chi connectivity index (χ1n) is 10.5. The molecule has 1 aliphatic rings. The van der Waals surface area contributed by atoms with Gasteiger partial charge in [0.1, 0.15) is 0 Å². The van der Waals surface area contributed by atoms with Crippen LogP contribution >= 0.6 is 11.8 Å². The van der Waals surface area contributed by atoms with E-state index in [0.717, 1.165) is 37.9 Å². The molecule has 0 unspecified atom stereocenters. The molecular formula is C24H27N3O2S. The van der Waals surface area contributed by atoms with E-state index < -0.39 is 0 Å². The fourth-order valence-corrected chi connectivity index (χ4v) is 4.68. The molecule has 1 atom stereocenters. The predicted octanol–water partition coefficient (Wildman–Crippen LogP) is 4.62. The fourth-order valence-electron chi connectivity index (χ4n) is 3.89. The van der Waals surface area contributed by atoms with Gasteiger partial charge in [0.15, 0.2) is 0 Å². The molecule has 2 heterocycles. The molecule has 0 N–H and O–H groups in total. The Morgan fingerprint density at radius 3 is 2.33 bits per heavy atom. The number of carbonyl (C=O) groups is 1. The highest BCUT2D eigenvalue weighted by atomic mass is 32.2. The van der Waals surface area contributed by atoms with Crippen molar-refractivity contribution in [3.05, 3.63) is 77.7 Å². The molecule has 5 nitrogen and oxygen atoms in total. The first-order chi connectivity index (χ1) is 14.7. The number of nitrogens with zero attached hydrogens (tertiary/aromatic N) is 3. The Bertz CT molecular complexity index is 937. The Balaban J connectivity index is 1.25. The Hall–Kier alpha value is -2.60. The Labute approximate surface area is 181 Å². The van der Waals surface area contributed by atoms with Crippen LogP contribution in [0.5, 0.6) is 0 Å². The van der Waals surface area contributed by atoms with E-state index in [0.29, 0.717) is 23.5 Å². The molecule has 4 rings (SSSR count). The number of piperidine rings is 1. The summed E-state index contributed by atoms with van der Waals surface area (Å²) in [6, 6.07) is 20.6. The molecule has 0 radical (unpaired) electrons. The summed E-state index contributed by atoms with van der Waals surface area (Å²) in [6.07, 6.45) is 3.81. The van der Waals surface area contributed by atoms with Crippen LogP contribution in [0.1, 0.15) is 36.8 Å². The van der Waals surface area contributed by atoms with Crippen LogP contribution in [-0.2, 0) is 17.6 Å². The van der Waals surface area contributed by atoms with Crippen LogP contribution in [0.4, 0.5) is 0 Å². The lowest BCUT2D eigenvalue weighted by atomic mass is 9.90. The Kier molecular flexibility index (Phi) is 6.84. The van der Waals surface area contributed by atoms with Gasteiger partial charge in [0.25, 0.3) is 5.22 Å². The summed E-state index contributed by atoms with van der Waals surface area (Å²) in [6.45, 7) is 3.57. The average Bonchev–Trinajstić information content (AvgIpc) is 3.22. The van der Waals surface area contributed by atoms with E-state index in [9.17, 15) is 4.79 Å². The van der Waals surface area contributed by atoms with Crippen molar-refractivity contribution in [2.45, 2.75) is 43.1 Å². The van der Waals surface area contributed by atoms with E-state index in [-0.39, 0.29) is 11.2 Å². The zero-order valence-electron chi connectivity index (χ0n) is 17.2. The van der Waals surface area contributed by atoms with Crippen LogP contribution in [0.25, 0.3) is 0 Å². The number of hydrogen-bond donors (Lipinski definition) is 0. The number of rotatable bonds is 7. The molecule has 0 aliphatic carbocycles. The van der Waals surface area contributed by atoms with Crippen molar-refractivity contribution in [2.75, 3.05) is 13.1 Å². The highest BCUT2D eigenvalue weighted by Gasteiger charge is 2.27. The van der Waals surface area contributed by atoms with Crippen molar-refractivity contribution >= 4 is 17.7 Å². The lowest BCUT2D eigenvalue weighted by Crippen LogP contribution is -2.42. The van der Waals surface area contributed by atoms with Crippen molar-refractivity contribution in [3.63, 3.8) is 0 Å². The third-order valence-electron chi connectivity index (χ3n) is 5.57. The van der Waals surface area contributed by atoms with Crippen molar-refractivity contribution in [1.29, 1.82) is 0 Å². The van der Waals surface area contributed by atoms with Crippen molar-refractivity contribution in [1.82, 2.24) is 15.1 Å². The maximum Gasteiger partial charge on any atom is 0.277 e. The first kappa shape index (κ1) is 20.7. The van der Waals surface area contributed by atoms with Gasteiger partial charge in [-0.2, -0.15) is 0 Å². The molecule has 0 spiro atoms. The van der Waals surface area contributed by atoms with Gasteiger partial charge in [0.2, 0.25) is 11.8 Å². The third kappa shape index (κ3) is 5.51. The SMILES string of the molecule is C[C@H](Sc1nnc(Cc2ccccc2)o1)C(=O)N1CCC(Cc2ccccc2)CC1. The number of aromatic nitrogens is 2. The van der Waals surface area contributed by atoms with E-state index in [1.54, 1.807) is 0 Å². The molecule has 1 aromatic heterocycles. The number of likely N-dealkylation sites (tertiary alicyclic amines) is 1. The van der Waals surface area contributed by atoms with Crippen LogP contribution in [0.15, 0.2) is 70.3 Å². The van der Waals surface area contributed by atoms with Crippen molar-refractivity contribution in [3.8, 4) is 0 Å². The summed E-state index contributed by atoms with van der Waals surface area (Å²) < 4.78 is 5.75. The van der Waals surface area contributed by atoms with Gasteiger partial charge < -0.3 is 9.32 Å². The summed E-state index contributed by atoms with van der Waals surface area (Å²) in [5.74, 6) is 1.38. The average molecular weight is 422 g/mol. The van der Waals surface area contributed by atoms with Crippen LogP contribution in [0, 0.1) is 5.92 Å². The molecule has 1 aliphatic heterocycles. The monoisotopic (exact) mass is 421 g/mol. The van der Waals surface area contributed by atoms with E-state index >= 15 is 0 Å². The first-order valence-corrected chi connectivity index (χ1v) is 11.4. The lowest BCUT2D eigenvalue weighted by Gasteiger charge is -2.33. The molecule has 1 amide bonds. The number of hydrogen-bond acceptors (Lipinski definition) is 5. The van der Waals surface area contributed by atoms with E-state index in [1.165, 1.54) is 17.3 Å². The maximum absolute atomic E-state index is 12.9. The van der Waals surface area contributed by atoms with Gasteiger partial charge >= 0.3 is 0 Å². The molecule has 156 valence electrons. The Morgan fingerprint density at radius 1 is 1.03 bits per heavy atom. The molecule has 0 saturated carbocycles. The van der Waals surface area contributed by atoms with Crippen LogP contribution < -0.4 is 0 Å².